The van der Waals surface area contributed by atoms with E-state index in [1.165, 1.54) is 6.07 Å². The van der Waals surface area contributed by atoms with Crippen molar-refractivity contribution in [1.29, 1.82) is 0 Å². The Morgan fingerprint density at radius 1 is 1.03 bits per heavy atom. The molecular weight excluding hydrogens is 374 g/mol. The summed E-state index contributed by atoms with van der Waals surface area (Å²) >= 11 is 0. The number of hydrogen-bond donors (Lipinski definition) is 1. The van der Waals surface area contributed by atoms with Crippen molar-refractivity contribution in [3.8, 4) is 5.75 Å². The van der Waals surface area contributed by atoms with Crippen molar-refractivity contribution in [2.24, 2.45) is 0 Å². The number of ether oxygens (including phenoxy) is 1. The number of rotatable bonds is 7. The van der Waals surface area contributed by atoms with E-state index in [1.54, 1.807) is 67.6 Å². The number of anilines is 1. The van der Waals surface area contributed by atoms with Crippen LogP contribution in [0, 0.1) is 17.0 Å². The number of aromatic nitrogens is 1. The van der Waals surface area contributed by atoms with Gasteiger partial charge in [-0.05, 0) is 34.2 Å². The third kappa shape index (κ3) is 4.81. The van der Waals surface area contributed by atoms with Gasteiger partial charge in [0.1, 0.15) is 5.69 Å². The molecule has 0 fully saturated rings. The first kappa shape index (κ1) is 19.7. The van der Waals surface area contributed by atoms with Crippen molar-refractivity contribution in [3.63, 3.8) is 0 Å². The van der Waals surface area contributed by atoms with Gasteiger partial charge in [-0.1, -0.05) is 42.5 Å². The second-order valence-corrected chi connectivity index (χ2v) is 6.11. The molecule has 2 aromatic carbocycles. The molecule has 0 saturated carbocycles. The fourth-order valence-corrected chi connectivity index (χ4v) is 2.64. The molecule has 8 nitrogen and oxygen atoms in total. The minimum atomic E-state index is -0.673. The number of nitrogens with zero attached hydrogens (tertiary/aromatic N) is 2. The largest absolute Gasteiger partial charge is 0.476 e. The smallest absolute Gasteiger partial charge is 0.406 e. The van der Waals surface area contributed by atoms with Crippen LogP contribution in [-0.4, -0.2) is 28.2 Å². The lowest BCUT2D eigenvalue weighted by atomic mass is 10.0. The van der Waals surface area contributed by atoms with E-state index in [9.17, 15) is 19.7 Å². The summed E-state index contributed by atoms with van der Waals surface area (Å²) in [5, 5.41) is 13.7. The van der Waals surface area contributed by atoms with Crippen LogP contribution in [0.5, 0.6) is 5.75 Å². The Balaban J connectivity index is 1.73. The number of nitro groups is 1. The summed E-state index contributed by atoms with van der Waals surface area (Å²) in [6.45, 7) is 1.14. The second kappa shape index (κ2) is 8.75. The fraction of sp³-hybridized carbons (Fsp3) is 0.0952. The predicted octanol–water partition coefficient (Wildman–Crippen LogP) is 3.55. The molecule has 0 aliphatic heterocycles. The predicted molar refractivity (Wildman–Crippen MR) is 106 cm³/mol. The zero-order valence-electron chi connectivity index (χ0n) is 15.5. The highest BCUT2D eigenvalue weighted by atomic mass is 16.6. The molecule has 1 N–H and O–H groups in total. The number of nitrogens with one attached hydrogen (secondary N) is 1. The summed E-state index contributed by atoms with van der Waals surface area (Å²) in [5.41, 5.74) is 1.61. The Hall–Kier alpha value is -4.07. The van der Waals surface area contributed by atoms with Gasteiger partial charge in [0.15, 0.2) is 12.4 Å². The van der Waals surface area contributed by atoms with Gasteiger partial charge in [0, 0.05) is 18.1 Å². The lowest BCUT2D eigenvalue weighted by Gasteiger charge is -2.11. The van der Waals surface area contributed by atoms with Crippen LogP contribution in [0.3, 0.4) is 0 Å². The van der Waals surface area contributed by atoms with E-state index in [1.807, 2.05) is 0 Å². The number of amides is 1. The van der Waals surface area contributed by atoms with Gasteiger partial charge in [-0.15, -0.1) is 0 Å². The molecule has 29 heavy (non-hydrogen) atoms. The third-order valence-electron chi connectivity index (χ3n) is 3.99. The Kier molecular flexibility index (Phi) is 5.94. The van der Waals surface area contributed by atoms with Crippen molar-refractivity contribution < 1.29 is 19.2 Å². The number of carbonyl (C=O) groups excluding carboxylic acids is 2. The highest BCUT2D eigenvalue weighted by molar-refractivity contribution is 6.13. The molecule has 3 aromatic rings. The normalized spacial score (nSPS) is 10.2. The first-order chi connectivity index (χ1) is 14.0. The number of benzene rings is 2. The van der Waals surface area contributed by atoms with Crippen molar-refractivity contribution in [1.82, 2.24) is 4.98 Å². The highest BCUT2D eigenvalue weighted by Crippen LogP contribution is 2.24. The minimum Gasteiger partial charge on any atom is -0.476 e. The quantitative estimate of drug-likeness (QED) is 0.374. The van der Waals surface area contributed by atoms with Gasteiger partial charge in [-0.3, -0.25) is 9.59 Å². The molecule has 1 aromatic heterocycles. The van der Waals surface area contributed by atoms with Gasteiger partial charge in [0.05, 0.1) is 5.69 Å². The highest BCUT2D eigenvalue weighted by Gasteiger charge is 2.19. The first-order valence-electron chi connectivity index (χ1n) is 8.69. The molecule has 0 spiro atoms. The minimum absolute atomic E-state index is 0.107. The van der Waals surface area contributed by atoms with E-state index >= 15 is 0 Å². The summed E-state index contributed by atoms with van der Waals surface area (Å²) in [5.74, 6) is -1.36. The van der Waals surface area contributed by atoms with Crippen molar-refractivity contribution in [3.05, 3.63) is 93.7 Å². The molecule has 0 atom stereocenters. The maximum Gasteiger partial charge on any atom is 0.406 e. The zero-order valence-corrected chi connectivity index (χ0v) is 15.5. The number of carbonyl (C=O) groups is 2. The van der Waals surface area contributed by atoms with Crippen molar-refractivity contribution >= 4 is 23.2 Å². The number of pyridine rings is 1. The summed E-state index contributed by atoms with van der Waals surface area (Å²) in [4.78, 5) is 39.2. The maximum atomic E-state index is 12.7. The summed E-state index contributed by atoms with van der Waals surface area (Å²) < 4.78 is 5.27. The molecule has 0 saturated heterocycles. The van der Waals surface area contributed by atoms with Crippen molar-refractivity contribution in [2.45, 2.75) is 6.92 Å². The topological polar surface area (TPSA) is 111 Å². The van der Waals surface area contributed by atoms with Gasteiger partial charge in [0.2, 0.25) is 5.75 Å². The van der Waals surface area contributed by atoms with E-state index in [2.05, 4.69) is 10.3 Å². The van der Waals surface area contributed by atoms with Gasteiger partial charge in [-0.2, -0.15) is 0 Å². The van der Waals surface area contributed by atoms with E-state index in [-0.39, 0.29) is 11.5 Å². The Morgan fingerprint density at radius 3 is 2.45 bits per heavy atom. The fourth-order valence-electron chi connectivity index (χ4n) is 2.64. The maximum absolute atomic E-state index is 12.7. The number of aryl methyl sites for hydroxylation is 1. The summed E-state index contributed by atoms with van der Waals surface area (Å²) in [6, 6.07) is 18.2. The van der Waals surface area contributed by atoms with Crippen LogP contribution in [0.1, 0.15) is 21.6 Å². The van der Waals surface area contributed by atoms with E-state index < -0.39 is 23.3 Å². The van der Waals surface area contributed by atoms with Crippen LogP contribution in [-0.2, 0) is 4.79 Å². The summed E-state index contributed by atoms with van der Waals surface area (Å²) in [7, 11) is 0. The zero-order chi connectivity index (χ0) is 20.8. The van der Waals surface area contributed by atoms with Crippen LogP contribution < -0.4 is 10.1 Å². The van der Waals surface area contributed by atoms with E-state index in [0.717, 1.165) is 0 Å². The lowest BCUT2D eigenvalue weighted by molar-refractivity contribution is -0.390. The van der Waals surface area contributed by atoms with E-state index in [4.69, 9.17) is 4.74 Å². The first-order valence-corrected chi connectivity index (χ1v) is 8.69. The molecule has 0 aliphatic rings. The molecular formula is C21H17N3O5. The SMILES string of the molecule is Cc1ccc(OCC(=O)Nc2ccccc2C(=O)c2ccccc2)c([N+](=O)[O-])n1. The Labute approximate surface area is 166 Å². The molecule has 8 heteroatoms. The van der Waals surface area contributed by atoms with Crippen LogP contribution in [0.15, 0.2) is 66.7 Å². The second-order valence-electron chi connectivity index (χ2n) is 6.11. The standard InChI is InChI=1S/C21H17N3O5/c1-14-11-12-18(21(22-14)24(27)28)29-13-19(25)23-17-10-6-5-9-16(17)20(26)15-7-3-2-4-8-15/h2-12H,13H2,1H3,(H,23,25). The number of ketones is 1. The van der Waals surface area contributed by atoms with Gasteiger partial charge in [0.25, 0.3) is 5.91 Å². The third-order valence-corrected chi connectivity index (χ3v) is 3.99. The Bertz CT molecular complexity index is 1070. The van der Waals surface area contributed by atoms with Crippen LogP contribution in [0.25, 0.3) is 0 Å². The average molecular weight is 391 g/mol. The molecule has 0 bridgehead atoms. The van der Waals surface area contributed by atoms with E-state index in [0.29, 0.717) is 22.5 Å². The number of para-hydroxylation sites is 1. The summed E-state index contributed by atoms with van der Waals surface area (Å²) in [6.07, 6.45) is 0. The van der Waals surface area contributed by atoms with Crippen LogP contribution in [0.4, 0.5) is 11.5 Å². The molecule has 3 rings (SSSR count). The monoisotopic (exact) mass is 391 g/mol. The van der Waals surface area contributed by atoms with Crippen molar-refractivity contribution in [2.75, 3.05) is 11.9 Å². The van der Waals surface area contributed by atoms with Gasteiger partial charge in [-0.25, -0.2) is 0 Å². The average Bonchev–Trinajstić information content (AvgIpc) is 2.73. The molecule has 0 radical (unpaired) electrons. The molecule has 0 unspecified atom stereocenters. The molecule has 146 valence electrons. The Morgan fingerprint density at radius 2 is 1.72 bits per heavy atom. The van der Waals surface area contributed by atoms with Crippen LogP contribution in [0.2, 0.25) is 0 Å². The molecule has 0 aliphatic carbocycles. The van der Waals surface area contributed by atoms with Gasteiger partial charge < -0.3 is 20.2 Å². The molecule has 1 amide bonds. The van der Waals surface area contributed by atoms with Crippen LogP contribution >= 0.6 is 0 Å². The molecule has 1 heterocycles. The lowest BCUT2D eigenvalue weighted by Crippen LogP contribution is -2.22. The van der Waals surface area contributed by atoms with Gasteiger partial charge >= 0.3 is 5.82 Å². The number of hydrogen-bond acceptors (Lipinski definition) is 6.